The Labute approximate surface area is 138 Å². The second-order valence-corrected chi connectivity index (χ2v) is 5.60. The molecular weight excluding hydrogens is 310 g/mol. The lowest BCUT2D eigenvalue weighted by Gasteiger charge is -2.36. The first-order valence-electron chi connectivity index (χ1n) is 7.62. The van der Waals surface area contributed by atoms with Gasteiger partial charge in [-0.05, 0) is 30.3 Å². The third-order valence-electron chi connectivity index (χ3n) is 4.09. The van der Waals surface area contributed by atoms with Gasteiger partial charge in [-0.25, -0.2) is 0 Å². The Morgan fingerprint density at radius 2 is 1.71 bits per heavy atom. The number of benzene rings is 2. The molecule has 124 valence electrons. The van der Waals surface area contributed by atoms with Gasteiger partial charge < -0.3 is 14.9 Å². The van der Waals surface area contributed by atoms with Gasteiger partial charge in [-0.3, -0.25) is 14.9 Å². The highest BCUT2D eigenvalue weighted by Gasteiger charge is 2.23. The Morgan fingerprint density at radius 3 is 2.33 bits per heavy atom. The minimum absolute atomic E-state index is 0.0800. The Morgan fingerprint density at radius 1 is 1.04 bits per heavy atom. The van der Waals surface area contributed by atoms with Crippen molar-refractivity contribution in [1.29, 1.82) is 0 Å². The largest absolute Gasteiger partial charge is 0.508 e. The maximum absolute atomic E-state index is 12.5. The molecule has 7 nitrogen and oxygen atoms in total. The fraction of sp³-hybridized carbons (Fsp3) is 0.235. The minimum Gasteiger partial charge on any atom is -0.508 e. The van der Waals surface area contributed by atoms with Crippen LogP contribution in [0.1, 0.15) is 10.4 Å². The molecule has 0 aliphatic carbocycles. The number of carbonyl (C=O) groups excluding carboxylic acids is 1. The van der Waals surface area contributed by atoms with E-state index >= 15 is 0 Å². The number of non-ortho nitro benzene ring substituents is 1. The van der Waals surface area contributed by atoms with Crippen LogP contribution in [0.5, 0.6) is 5.75 Å². The second-order valence-electron chi connectivity index (χ2n) is 5.60. The van der Waals surface area contributed by atoms with E-state index in [2.05, 4.69) is 4.90 Å². The molecule has 2 aromatic carbocycles. The van der Waals surface area contributed by atoms with Crippen molar-refractivity contribution < 1.29 is 14.8 Å². The van der Waals surface area contributed by atoms with Crippen LogP contribution in [-0.4, -0.2) is 47.0 Å². The van der Waals surface area contributed by atoms with Crippen LogP contribution in [-0.2, 0) is 0 Å². The SMILES string of the molecule is O=C(c1cccc([N+](=O)[O-])c1)N1CCN(c2ccc(O)cc2)CC1. The molecule has 0 atom stereocenters. The monoisotopic (exact) mass is 327 g/mol. The number of amides is 1. The quantitative estimate of drug-likeness (QED) is 0.690. The number of anilines is 1. The van der Waals surface area contributed by atoms with Gasteiger partial charge in [-0.1, -0.05) is 6.07 Å². The number of rotatable bonds is 3. The number of nitro groups is 1. The molecule has 3 rings (SSSR count). The molecule has 7 heteroatoms. The van der Waals surface area contributed by atoms with Gasteiger partial charge in [0, 0.05) is 49.6 Å². The van der Waals surface area contributed by atoms with Crippen LogP contribution in [0.25, 0.3) is 0 Å². The fourth-order valence-corrected chi connectivity index (χ4v) is 2.77. The van der Waals surface area contributed by atoms with E-state index in [9.17, 15) is 20.0 Å². The van der Waals surface area contributed by atoms with Crippen LogP contribution in [0.3, 0.4) is 0 Å². The van der Waals surface area contributed by atoms with Gasteiger partial charge in [0.25, 0.3) is 11.6 Å². The van der Waals surface area contributed by atoms with Crippen molar-refractivity contribution >= 4 is 17.3 Å². The first-order valence-corrected chi connectivity index (χ1v) is 7.62. The van der Waals surface area contributed by atoms with Crippen LogP contribution in [0.15, 0.2) is 48.5 Å². The van der Waals surface area contributed by atoms with Crippen LogP contribution in [0.4, 0.5) is 11.4 Å². The number of nitro benzene ring substituents is 1. The molecule has 0 aromatic heterocycles. The molecule has 1 N–H and O–H groups in total. The van der Waals surface area contributed by atoms with E-state index < -0.39 is 4.92 Å². The Bertz CT molecular complexity index is 753. The lowest BCUT2D eigenvalue weighted by molar-refractivity contribution is -0.384. The van der Waals surface area contributed by atoms with E-state index in [1.165, 1.54) is 18.2 Å². The summed E-state index contributed by atoms with van der Waals surface area (Å²) >= 11 is 0. The van der Waals surface area contributed by atoms with Crippen molar-refractivity contribution in [3.05, 3.63) is 64.2 Å². The van der Waals surface area contributed by atoms with Crippen molar-refractivity contribution in [2.75, 3.05) is 31.1 Å². The number of piperazine rings is 1. The summed E-state index contributed by atoms with van der Waals surface area (Å²) in [5.41, 5.74) is 1.25. The van der Waals surface area contributed by atoms with Crippen molar-refractivity contribution in [2.45, 2.75) is 0 Å². The summed E-state index contributed by atoms with van der Waals surface area (Å²) in [4.78, 5) is 26.7. The highest BCUT2D eigenvalue weighted by Crippen LogP contribution is 2.21. The normalized spacial score (nSPS) is 14.5. The van der Waals surface area contributed by atoms with E-state index in [1.807, 2.05) is 12.1 Å². The maximum atomic E-state index is 12.5. The van der Waals surface area contributed by atoms with Crippen molar-refractivity contribution in [3.8, 4) is 5.75 Å². The number of carbonyl (C=O) groups is 1. The lowest BCUT2D eigenvalue weighted by atomic mass is 10.1. The zero-order valence-corrected chi connectivity index (χ0v) is 13.0. The van der Waals surface area contributed by atoms with Gasteiger partial charge in [-0.15, -0.1) is 0 Å². The third-order valence-corrected chi connectivity index (χ3v) is 4.09. The predicted octanol–water partition coefficient (Wildman–Crippen LogP) is 2.26. The molecule has 1 fully saturated rings. The highest BCUT2D eigenvalue weighted by atomic mass is 16.6. The molecule has 0 spiro atoms. The molecular formula is C17H17N3O4. The maximum Gasteiger partial charge on any atom is 0.270 e. The number of aromatic hydroxyl groups is 1. The first-order chi connectivity index (χ1) is 11.5. The first kappa shape index (κ1) is 15.8. The molecule has 2 aromatic rings. The van der Waals surface area contributed by atoms with E-state index in [4.69, 9.17) is 0 Å². The van der Waals surface area contributed by atoms with Gasteiger partial charge in [-0.2, -0.15) is 0 Å². The van der Waals surface area contributed by atoms with Gasteiger partial charge in [0.1, 0.15) is 5.75 Å². The van der Waals surface area contributed by atoms with Gasteiger partial charge >= 0.3 is 0 Å². The van der Waals surface area contributed by atoms with Crippen molar-refractivity contribution in [2.24, 2.45) is 0 Å². The van der Waals surface area contributed by atoms with Crippen LogP contribution in [0.2, 0.25) is 0 Å². The van der Waals surface area contributed by atoms with Gasteiger partial charge in [0.2, 0.25) is 0 Å². The number of phenols is 1. The average molecular weight is 327 g/mol. The molecule has 0 bridgehead atoms. The minimum atomic E-state index is -0.500. The summed E-state index contributed by atoms with van der Waals surface area (Å²) in [7, 11) is 0. The summed E-state index contributed by atoms with van der Waals surface area (Å²) in [6.07, 6.45) is 0. The average Bonchev–Trinajstić information content (AvgIpc) is 2.62. The Balaban J connectivity index is 1.66. The molecule has 0 unspecified atom stereocenters. The van der Waals surface area contributed by atoms with E-state index in [0.717, 1.165) is 5.69 Å². The summed E-state index contributed by atoms with van der Waals surface area (Å²) in [6, 6.07) is 12.8. The van der Waals surface area contributed by atoms with Crippen molar-refractivity contribution in [3.63, 3.8) is 0 Å². The number of phenolic OH excluding ortho intramolecular Hbond substituents is 1. The van der Waals surface area contributed by atoms with Gasteiger partial charge in [0.15, 0.2) is 0 Å². The van der Waals surface area contributed by atoms with Gasteiger partial charge in [0.05, 0.1) is 4.92 Å². The standard InChI is InChI=1S/C17H17N3O4/c21-16-6-4-14(5-7-16)18-8-10-19(11-9-18)17(22)13-2-1-3-15(12-13)20(23)24/h1-7,12,21H,8-11H2. The van der Waals surface area contributed by atoms with Crippen molar-refractivity contribution in [1.82, 2.24) is 4.90 Å². The zero-order chi connectivity index (χ0) is 17.1. The van der Waals surface area contributed by atoms with E-state index in [1.54, 1.807) is 23.1 Å². The van der Waals surface area contributed by atoms with E-state index in [0.29, 0.717) is 31.7 Å². The van der Waals surface area contributed by atoms with Crippen LogP contribution < -0.4 is 4.90 Å². The molecule has 0 saturated carbocycles. The number of nitrogens with zero attached hydrogens (tertiary/aromatic N) is 3. The third kappa shape index (κ3) is 3.29. The highest BCUT2D eigenvalue weighted by molar-refractivity contribution is 5.95. The summed E-state index contributed by atoms with van der Waals surface area (Å²) in [6.45, 7) is 2.43. The summed E-state index contributed by atoms with van der Waals surface area (Å²) in [5.74, 6) is 0.0299. The number of hydrogen-bond acceptors (Lipinski definition) is 5. The Kier molecular flexibility index (Phi) is 4.33. The molecule has 1 aliphatic rings. The molecule has 1 aliphatic heterocycles. The smallest absolute Gasteiger partial charge is 0.270 e. The zero-order valence-electron chi connectivity index (χ0n) is 13.0. The fourth-order valence-electron chi connectivity index (χ4n) is 2.77. The molecule has 0 radical (unpaired) electrons. The molecule has 1 heterocycles. The lowest BCUT2D eigenvalue weighted by Crippen LogP contribution is -2.48. The molecule has 24 heavy (non-hydrogen) atoms. The van der Waals surface area contributed by atoms with Crippen LogP contribution in [0, 0.1) is 10.1 Å². The summed E-state index contributed by atoms with van der Waals surface area (Å²) in [5, 5.41) is 20.2. The second kappa shape index (κ2) is 6.57. The topological polar surface area (TPSA) is 86.9 Å². The Hall–Kier alpha value is -3.09. The predicted molar refractivity (Wildman–Crippen MR) is 89.3 cm³/mol. The molecule has 1 amide bonds. The van der Waals surface area contributed by atoms with E-state index in [-0.39, 0.29) is 17.3 Å². The molecule has 1 saturated heterocycles. The number of hydrogen-bond donors (Lipinski definition) is 1. The van der Waals surface area contributed by atoms with Crippen LogP contribution >= 0.6 is 0 Å². The summed E-state index contributed by atoms with van der Waals surface area (Å²) < 4.78 is 0.